The molecule has 0 fully saturated rings. The molecule has 4 rings (SSSR count). The summed E-state index contributed by atoms with van der Waals surface area (Å²) < 4.78 is 5.45. The first-order valence-corrected chi connectivity index (χ1v) is 9.73. The lowest BCUT2D eigenvalue weighted by atomic mass is 10.0. The minimum atomic E-state index is -0.0183. The summed E-state index contributed by atoms with van der Waals surface area (Å²) >= 11 is 13.0. The standard InChI is InChI=1S/C22H17Cl2N3O2/c23-18-12-17-20(11-15(18)13-25-9-10-28)29-27-22(17)26-19-8-4-7-16(21(19)24)14-5-2-1-3-6-14/h1-8,11-13,28H,9-10H2,(H,26,27). The second kappa shape index (κ2) is 8.66. The number of rotatable bonds is 6. The van der Waals surface area contributed by atoms with Crippen LogP contribution in [-0.4, -0.2) is 29.6 Å². The van der Waals surface area contributed by atoms with Gasteiger partial charge in [0.05, 0.1) is 34.3 Å². The van der Waals surface area contributed by atoms with Gasteiger partial charge in [-0.1, -0.05) is 70.8 Å². The van der Waals surface area contributed by atoms with Crippen LogP contribution in [0.15, 0.2) is 70.2 Å². The van der Waals surface area contributed by atoms with Gasteiger partial charge in [0.15, 0.2) is 11.4 Å². The second-order valence-corrected chi connectivity index (χ2v) is 7.10. The molecule has 0 saturated heterocycles. The van der Waals surface area contributed by atoms with Crippen LogP contribution in [0.25, 0.3) is 22.1 Å². The predicted molar refractivity (Wildman–Crippen MR) is 119 cm³/mol. The molecule has 3 aromatic carbocycles. The van der Waals surface area contributed by atoms with Crippen LogP contribution >= 0.6 is 23.2 Å². The maximum absolute atomic E-state index is 8.85. The lowest BCUT2D eigenvalue weighted by Crippen LogP contribution is -1.94. The van der Waals surface area contributed by atoms with Gasteiger partial charge in [0.25, 0.3) is 0 Å². The number of hydrogen-bond acceptors (Lipinski definition) is 5. The van der Waals surface area contributed by atoms with Crippen LogP contribution in [-0.2, 0) is 0 Å². The molecule has 0 aliphatic rings. The molecule has 29 heavy (non-hydrogen) atoms. The van der Waals surface area contributed by atoms with Gasteiger partial charge in [0.1, 0.15) is 0 Å². The van der Waals surface area contributed by atoms with E-state index in [9.17, 15) is 0 Å². The number of nitrogens with one attached hydrogen (secondary N) is 1. The summed E-state index contributed by atoms with van der Waals surface area (Å²) in [4.78, 5) is 4.10. The van der Waals surface area contributed by atoms with Gasteiger partial charge in [-0.05, 0) is 23.8 Å². The third-order valence-corrected chi connectivity index (χ3v) is 5.12. The maximum Gasteiger partial charge on any atom is 0.181 e. The fourth-order valence-corrected chi connectivity index (χ4v) is 3.47. The van der Waals surface area contributed by atoms with Crippen molar-refractivity contribution in [1.82, 2.24) is 5.16 Å². The summed E-state index contributed by atoms with van der Waals surface area (Å²) in [6.07, 6.45) is 1.60. The first kappa shape index (κ1) is 19.5. The molecular weight excluding hydrogens is 409 g/mol. The lowest BCUT2D eigenvalue weighted by Gasteiger charge is -2.10. The quantitative estimate of drug-likeness (QED) is 0.374. The van der Waals surface area contributed by atoms with Gasteiger partial charge in [-0.2, -0.15) is 0 Å². The summed E-state index contributed by atoms with van der Waals surface area (Å²) in [5.41, 5.74) is 3.93. The molecule has 0 atom stereocenters. The topological polar surface area (TPSA) is 70.7 Å². The van der Waals surface area contributed by atoms with Crippen LogP contribution in [0.2, 0.25) is 10.0 Å². The molecule has 0 radical (unpaired) electrons. The number of hydrogen-bond donors (Lipinski definition) is 2. The minimum Gasteiger partial charge on any atom is -0.394 e. The zero-order valence-electron chi connectivity index (χ0n) is 15.3. The number of halogens is 2. The molecule has 0 spiro atoms. The summed E-state index contributed by atoms with van der Waals surface area (Å²) in [6, 6.07) is 19.2. The largest absolute Gasteiger partial charge is 0.394 e. The molecule has 1 aromatic heterocycles. The number of benzene rings is 3. The summed E-state index contributed by atoms with van der Waals surface area (Å²) in [6.45, 7) is 0.295. The van der Waals surface area contributed by atoms with Crippen LogP contribution < -0.4 is 5.32 Å². The second-order valence-electron chi connectivity index (χ2n) is 6.32. The van der Waals surface area contributed by atoms with E-state index in [4.69, 9.17) is 32.8 Å². The fourth-order valence-electron chi connectivity index (χ4n) is 2.98. The number of anilines is 2. The van der Waals surface area contributed by atoms with Crippen molar-refractivity contribution in [1.29, 1.82) is 0 Å². The molecular formula is C22H17Cl2N3O2. The van der Waals surface area contributed by atoms with Crippen molar-refractivity contribution in [3.8, 4) is 11.1 Å². The van der Waals surface area contributed by atoms with Gasteiger partial charge in [-0.25, -0.2) is 0 Å². The summed E-state index contributed by atoms with van der Waals surface area (Å²) in [7, 11) is 0. The Bertz CT molecular complexity index is 1170. The first-order chi connectivity index (χ1) is 14.2. The monoisotopic (exact) mass is 425 g/mol. The molecule has 0 aliphatic carbocycles. The lowest BCUT2D eigenvalue weighted by molar-refractivity contribution is 0.307. The molecule has 0 bridgehead atoms. The SMILES string of the molecule is OCCN=Cc1cc2onc(Nc3cccc(-c4ccccc4)c3Cl)c2cc1Cl. The van der Waals surface area contributed by atoms with Crippen molar-refractivity contribution in [2.75, 3.05) is 18.5 Å². The zero-order valence-corrected chi connectivity index (χ0v) is 16.8. The van der Waals surface area contributed by atoms with Crippen LogP contribution in [0.4, 0.5) is 11.5 Å². The Morgan fingerprint density at radius 1 is 1.07 bits per heavy atom. The van der Waals surface area contributed by atoms with Crippen LogP contribution in [0.3, 0.4) is 0 Å². The van der Waals surface area contributed by atoms with Crippen LogP contribution in [0, 0.1) is 0 Å². The van der Waals surface area contributed by atoms with Gasteiger partial charge >= 0.3 is 0 Å². The normalized spacial score (nSPS) is 11.4. The van der Waals surface area contributed by atoms with Crippen LogP contribution in [0.5, 0.6) is 0 Å². The van der Waals surface area contributed by atoms with Crippen molar-refractivity contribution in [3.05, 3.63) is 76.3 Å². The van der Waals surface area contributed by atoms with Gasteiger partial charge in [-0.15, -0.1) is 0 Å². The fraction of sp³-hybridized carbons (Fsp3) is 0.0909. The number of nitrogens with zero attached hydrogens (tertiary/aromatic N) is 2. The smallest absolute Gasteiger partial charge is 0.181 e. The van der Waals surface area contributed by atoms with Crippen molar-refractivity contribution in [2.24, 2.45) is 4.99 Å². The molecule has 4 aromatic rings. The Kier molecular flexibility index (Phi) is 5.81. The molecule has 146 valence electrons. The Balaban J connectivity index is 1.68. The Morgan fingerprint density at radius 3 is 2.69 bits per heavy atom. The van der Waals surface area contributed by atoms with E-state index in [-0.39, 0.29) is 6.61 Å². The van der Waals surface area contributed by atoms with E-state index in [0.717, 1.165) is 16.5 Å². The van der Waals surface area contributed by atoms with Crippen molar-refractivity contribution in [2.45, 2.75) is 0 Å². The van der Waals surface area contributed by atoms with Gasteiger partial charge in [0.2, 0.25) is 0 Å². The molecule has 7 heteroatoms. The molecule has 1 heterocycles. The van der Waals surface area contributed by atoms with E-state index >= 15 is 0 Å². The number of aromatic nitrogens is 1. The van der Waals surface area contributed by atoms with E-state index in [0.29, 0.717) is 39.2 Å². The highest BCUT2D eigenvalue weighted by Crippen LogP contribution is 2.37. The number of fused-ring (bicyclic) bond motifs is 1. The third kappa shape index (κ3) is 4.12. The molecule has 0 amide bonds. The first-order valence-electron chi connectivity index (χ1n) is 8.98. The average Bonchev–Trinajstić information content (AvgIpc) is 3.12. The number of aliphatic hydroxyl groups excluding tert-OH is 1. The van der Waals surface area contributed by atoms with Crippen molar-refractivity contribution in [3.63, 3.8) is 0 Å². The third-order valence-electron chi connectivity index (χ3n) is 4.39. The van der Waals surface area contributed by atoms with Gasteiger partial charge in [-0.3, -0.25) is 4.99 Å². The van der Waals surface area contributed by atoms with Gasteiger partial charge in [0, 0.05) is 17.3 Å². The van der Waals surface area contributed by atoms with Crippen molar-refractivity contribution >= 4 is 51.9 Å². The highest BCUT2D eigenvalue weighted by molar-refractivity contribution is 6.36. The Morgan fingerprint density at radius 2 is 1.90 bits per heavy atom. The summed E-state index contributed by atoms with van der Waals surface area (Å²) in [5.74, 6) is 0.521. The number of aliphatic imine (C=N–C) groups is 1. The molecule has 2 N–H and O–H groups in total. The zero-order chi connectivity index (χ0) is 20.2. The highest BCUT2D eigenvalue weighted by Gasteiger charge is 2.14. The van der Waals surface area contributed by atoms with Crippen LogP contribution in [0.1, 0.15) is 5.56 Å². The molecule has 0 saturated carbocycles. The Labute approximate surface area is 177 Å². The number of aliphatic hydroxyl groups is 1. The maximum atomic E-state index is 8.85. The highest BCUT2D eigenvalue weighted by atomic mass is 35.5. The molecule has 0 unspecified atom stereocenters. The van der Waals surface area contributed by atoms with E-state index < -0.39 is 0 Å². The summed E-state index contributed by atoms with van der Waals surface area (Å²) in [5, 5.41) is 18.0. The van der Waals surface area contributed by atoms with E-state index in [2.05, 4.69) is 15.5 Å². The van der Waals surface area contributed by atoms with Crippen molar-refractivity contribution < 1.29 is 9.63 Å². The molecule has 0 aliphatic heterocycles. The van der Waals surface area contributed by atoms with E-state index in [1.165, 1.54) is 0 Å². The molecule has 5 nitrogen and oxygen atoms in total. The Hall–Kier alpha value is -2.86. The predicted octanol–water partition coefficient (Wildman–Crippen LogP) is 5.96. The van der Waals surface area contributed by atoms with E-state index in [1.54, 1.807) is 18.3 Å². The average molecular weight is 426 g/mol. The van der Waals surface area contributed by atoms with Gasteiger partial charge < -0.3 is 14.9 Å². The van der Waals surface area contributed by atoms with E-state index in [1.807, 2.05) is 48.5 Å². The minimum absolute atomic E-state index is 0.0183.